The fraction of sp³-hybridized carbons (Fsp3) is 0.407. The maximum atomic E-state index is 15.3. The van der Waals surface area contributed by atoms with Gasteiger partial charge in [0.15, 0.2) is 40.0 Å². The highest BCUT2D eigenvalue weighted by Gasteiger charge is 2.62. The van der Waals surface area contributed by atoms with E-state index in [0.717, 1.165) is 22.3 Å². The van der Waals surface area contributed by atoms with E-state index in [1.165, 1.54) is 32.1 Å². The normalized spacial score (nSPS) is 25.2. The van der Waals surface area contributed by atoms with Crippen LogP contribution in [0.25, 0.3) is 6.08 Å². The zero-order valence-electron chi connectivity index (χ0n) is 40.7. The van der Waals surface area contributed by atoms with E-state index in [1.54, 1.807) is 45.1 Å². The first kappa shape index (κ1) is 47.9. The van der Waals surface area contributed by atoms with Gasteiger partial charge in [-0.15, -0.1) is 18.3 Å². The van der Waals surface area contributed by atoms with Gasteiger partial charge in [-0.2, -0.15) is 5.26 Å². The number of hydrogen-bond donors (Lipinski definition) is 2. The smallest absolute Gasteiger partial charge is 0.504 e. The first-order valence-corrected chi connectivity index (χ1v) is 24.7. The zero-order valence-corrected chi connectivity index (χ0v) is 41.5. The summed E-state index contributed by atoms with van der Waals surface area (Å²) in [5.41, 5.74) is 3.79. The molecule has 370 valence electrons. The number of hydrogen-bond acceptors (Lipinski definition) is 17. The number of phenols is 1. The molecule has 4 aromatic rings. The van der Waals surface area contributed by atoms with Crippen LogP contribution in [-0.2, 0) is 37.4 Å². The molecule has 1 spiro atoms. The standard InChI is InChI=1S/C54H56N4O12S/c1-9-19-57-34-21-32-20-28(2)46(64-8)45(60)40(32)43(57)44-50-42-41(49-48(66-27-67-49)29(3)47(42)69-39(59)16-15-30-13-11-10-12-14-30)36(58(44)35(34)24-55)25-65-51(61)54(26-71-50)33-23-37(63-7)38(22-31(33)17-18-56-54)68-52(62)70-53(4,5)6/h9-16,20,22-23,34-36,43-44,50,56,60H,1,17-19,21,25-27H2,2-8H3/b16-15+/t34-,35-,36+,43+,44?,50+,54+/m0/s1. The zero-order chi connectivity index (χ0) is 50.1. The van der Waals surface area contributed by atoms with E-state index in [2.05, 4.69) is 27.8 Å². The minimum absolute atomic E-state index is 0.00426. The molecule has 11 rings (SSSR count). The van der Waals surface area contributed by atoms with Crippen LogP contribution in [0.1, 0.15) is 88.2 Å². The van der Waals surface area contributed by atoms with Crippen molar-refractivity contribution in [3.63, 3.8) is 0 Å². The number of phenolic OH excluding ortho intramolecular Hbond substituents is 1. The lowest BCUT2D eigenvalue weighted by Crippen LogP contribution is -2.70. The van der Waals surface area contributed by atoms with E-state index in [0.29, 0.717) is 71.0 Å². The number of fused-ring (bicyclic) bond motifs is 9. The number of piperazine rings is 1. The second-order valence-corrected chi connectivity index (χ2v) is 20.7. The molecule has 1 unspecified atom stereocenters. The molecule has 0 aromatic heterocycles. The van der Waals surface area contributed by atoms with Gasteiger partial charge in [0, 0.05) is 59.3 Å². The summed E-state index contributed by atoms with van der Waals surface area (Å²) in [6, 6.07) is 14.2. The Kier molecular flexibility index (Phi) is 12.5. The first-order valence-electron chi connectivity index (χ1n) is 23.6. The molecule has 17 heteroatoms. The van der Waals surface area contributed by atoms with Gasteiger partial charge < -0.3 is 43.0 Å². The lowest BCUT2D eigenvalue weighted by Gasteiger charge is -2.62. The minimum Gasteiger partial charge on any atom is -0.504 e. The number of methoxy groups -OCH3 is 2. The van der Waals surface area contributed by atoms with Crippen LogP contribution in [0.5, 0.6) is 40.2 Å². The van der Waals surface area contributed by atoms with Crippen molar-refractivity contribution in [2.45, 2.75) is 94.1 Å². The van der Waals surface area contributed by atoms with Crippen LogP contribution in [0.2, 0.25) is 0 Å². The Morgan fingerprint density at radius 2 is 1.77 bits per heavy atom. The van der Waals surface area contributed by atoms with E-state index in [1.807, 2.05) is 50.2 Å². The third-order valence-electron chi connectivity index (χ3n) is 14.3. The molecule has 7 aliphatic rings. The molecule has 2 N–H and O–H groups in total. The Bertz CT molecular complexity index is 2930. The molecule has 2 saturated heterocycles. The molecule has 7 aliphatic heterocycles. The Hall–Kier alpha value is -6.71. The molecular weight excluding hydrogens is 929 g/mol. The molecule has 71 heavy (non-hydrogen) atoms. The lowest BCUT2D eigenvalue weighted by atomic mass is 9.71. The minimum atomic E-state index is -1.50. The van der Waals surface area contributed by atoms with Crippen molar-refractivity contribution in [2.75, 3.05) is 46.5 Å². The molecule has 16 nitrogen and oxygen atoms in total. The highest BCUT2D eigenvalue weighted by molar-refractivity contribution is 7.99. The predicted molar refractivity (Wildman–Crippen MR) is 262 cm³/mol. The van der Waals surface area contributed by atoms with Crippen molar-refractivity contribution in [3.8, 4) is 46.3 Å². The molecule has 2 fully saturated rings. The van der Waals surface area contributed by atoms with Gasteiger partial charge in [-0.1, -0.05) is 42.5 Å². The Morgan fingerprint density at radius 1 is 1.00 bits per heavy atom. The lowest BCUT2D eigenvalue weighted by molar-refractivity contribution is -0.157. The molecule has 4 bridgehead atoms. The highest BCUT2D eigenvalue weighted by Crippen LogP contribution is 2.65. The largest absolute Gasteiger partial charge is 0.514 e. The van der Waals surface area contributed by atoms with Crippen molar-refractivity contribution >= 4 is 35.9 Å². The van der Waals surface area contributed by atoms with Crippen LogP contribution in [0.3, 0.4) is 0 Å². The van der Waals surface area contributed by atoms with Gasteiger partial charge in [-0.3, -0.25) is 15.1 Å². The van der Waals surface area contributed by atoms with Gasteiger partial charge in [-0.25, -0.2) is 14.4 Å². The van der Waals surface area contributed by atoms with Gasteiger partial charge in [0.2, 0.25) is 6.79 Å². The van der Waals surface area contributed by atoms with E-state index >= 15 is 4.79 Å². The summed E-state index contributed by atoms with van der Waals surface area (Å²) in [5, 5.41) is 26.8. The van der Waals surface area contributed by atoms with E-state index in [4.69, 9.17) is 37.9 Å². The number of carbonyl (C=O) groups is 3. The maximum Gasteiger partial charge on any atom is 0.514 e. The molecule has 4 aromatic carbocycles. The van der Waals surface area contributed by atoms with E-state index in [-0.39, 0.29) is 42.2 Å². The number of esters is 2. The molecule has 0 aliphatic carbocycles. The number of nitrogens with one attached hydrogen (secondary N) is 1. The first-order chi connectivity index (χ1) is 34.1. The summed E-state index contributed by atoms with van der Waals surface area (Å²) in [4.78, 5) is 46.9. The number of carbonyl (C=O) groups excluding carboxylic acids is 3. The van der Waals surface area contributed by atoms with Crippen LogP contribution in [0.15, 0.2) is 67.3 Å². The molecule has 0 amide bonds. The second-order valence-electron chi connectivity index (χ2n) is 19.5. The third-order valence-corrected chi connectivity index (χ3v) is 15.8. The highest BCUT2D eigenvalue weighted by atomic mass is 32.2. The van der Waals surface area contributed by atoms with Crippen LogP contribution in [0.4, 0.5) is 4.79 Å². The van der Waals surface area contributed by atoms with Crippen LogP contribution >= 0.6 is 11.8 Å². The second kappa shape index (κ2) is 18.5. The summed E-state index contributed by atoms with van der Waals surface area (Å²) in [6.07, 6.45) is 4.85. The van der Waals surface area contributed by atoms with E-state index < -0.39 is 64.7 Å². The number of benzene rings is 4. The number of aromatic hydroxyl groups is 1. The van der Waals surface area contributed by atoms with Gasteiger partial charge in [0.05, 0.1) is 37.6 Å². The van der Waals surface area contributed by atoms with E-state index in [9.17, 15) is 20.0 Å². The predicted octanol–water partition coefficient (Wildman–Crippen LogP) is 7.85. The molecule has 0 radical (unpaired) electrons. The van der Waals surface area contributed by atoms with Crippen molar-refractivity contribution in [2.24, 2.45) is 0 Å². The van der Waals surface area contributed by atoms with Gasteiger partial charge in [0.1, 0.15) is 24.0 Å². The molecule has 7 heterocycles. The summed E-state index contributed by atoms with van der Waals surface area (Å²) in [7, 11) is 2.98. The number of nitriles is 1. The average Bonchev–Trinajstić information content (AvgIpc) is 3.83. The molecular formula is C54H56N4O12S. The summed E-state index contributed by atoms with van der Waals surface area (Å²) < 4.78 is 48.6. The van der Waals surface area contributed by atoms with Crippen LogP contribution in [-0.4, -0.2) is 103 Å². The fourth-order valence-corrected chi connectivity index (χ4v) is 13.3. The number of aryl methyl sites for hydroxylation is 1. The Labute approximate surface area is 416 Å². The van der Waals surface area contributed by atoms with Crippen molar-refractivity contribution in [1.29, 1.82) is 5.26 Å². The van der Waals surface area contributed by atoms with Crippen LogP contribution < -0.4 is 33.7 Å². The SMILES string of the molecule is C=CCN1[C@@H]2c3c(cc(C)c(OC)c3O)C[C@H]1[C@H](C#N)N1C2[C@@H]2SC[C@]3(NCCc4cc(OC(=O)OC(C)(C)C)c(OC)cc43)C(=O)OC[C@@H]1c1c3c(c(C)c(OC(=O)/C=C/c4ccccc4)c12)OCO3. The number of ether oxygens (including phenoxy) is 8. The molecule has 7 atom stereocenters. The number of thioether (sulfide) groups is 1. The third kappa shape index (κ3) is 8.01. The summed E-state index contributed by atoms with van der Waals surface area (Å²) in [5.74, 6) is 0.553. The Balaban J connectivity index is 1.20. The fourth-order valence-electron chi connectivity index (χ4n) is 11.6. The van der Waals surface area contributed by atoms with Crippen LogP contribution in [0, 0.1) is 25.2 Å². The monoisotopic (exact) mass is 984 g/mol. The number of rotatable bonds is 8. The van der Waals surface area contributed by atoms with Gasteiger partial charge >= 0.3 is 18.1 Å². The topological polar surface area (TPSA) is 188 Å². The van der Waals surface area contributed by atoms with Crippen molar-refractivity contribution < 1.29 is 57.4 Å². The quantitative estimate of drug-likeness (QED) is 0.0571. The Morgan fingerprint density at radius 3 is 2.49 bits per heavy atom. The summed E-state index contributed by atoms with van der Waals surface area (Å²) >= 11 is 1.44. The van der Waals surface area contributed by atoms with Crippen molar-refractivity contribution in [1.82, 2.24) is 15.1 Å². The van der Waals surface area contributed by atoms with Gasteiger partial charge in [0.25, 0.3) is 0 Å². The summed E-state index contributed by atoms with van der Waals surface area (Å²) in [6.45, 7) is 13.4. The average molecular weight is 985 g/mol. The number of nitrogens with zero attached hydrogens (tertiary/aromatic N) is 3. The maximum absolute atomic E-state index is 15.3. The molecule has 0 saturated carbocycles. The van der Waals surface area contributed by atoms with Gasteiger partial charge in [-0.05, 0) is 93.5 Å². The van der Waals surface area contributed by atoms with Crippen molar-refractivity contribution in [3.05, 3.63) is 117 Å².